The van der Waals surface area contributed by atoms with Crippen molar-refractivity contribution in [3.8, 4) is 0 Å². The summed E-state index contributed by atoms with van der Waals surface area (Å²) in [4.78, 5) is 13.1. The molecule has 1 aromatic rings. The number of hydrogen-bond acceptors (Lipinski definition) is 2. The third kappa shape index (κ3) is 2.78. The molecule has 17 heavy (non-hydrogen) atoms. The Bertz CT molecular complexity index is 409. The molecular formula is C14H19NO2. The average Bonchev–Trinajstić information content (AvgIpc) is 2.28. The molecule has 3 nitrogen and oxygen atoms in total. The first-order valence-corrected chi connectivity index (χ1v) is 6.06. The predicted octanol–water partition coefficient (Wildman–Crippen LogP) is 3.01. The summed E-state index contributed by atoms with van der Waals surface area (Å²) in [6.45, 7) is 6.67. The maximum atomic E-state index is 10.8. The highest BCUT2D eigenvalue weighted by molar-refractivity contribution is 5.88. The fraction of sp³-hybridized carbons (Fsp3) is 0.500. The van der Waals surface area contributed by atoms with Crippen LogP contribution in [0.4, 0.5) is 5.69 Å². The molecule has 1 aliphatic heterocycles. The largest absolute Gasteiger partial charge is 0.478 e. The quantitative estimate of drug-likeness (QED) is 0.853. The summed E-state index contributed by atoms with van der Waals surface area (Å²) in [5.74, 6) is -0.865. The second-order valence-corrected chi connectivity index (χ2v) is 5.54. The number of carboxylic acids is 1. The topological polar surface area (TPSA) is 40.5 Å². The van der Waals surface area contributed by atoms with Crippen LogP contribution in [0.2, 0.25) is 0 Å². The molecule has 0 aliphatic carbocycles. The molecule has 1 aliphatic rings. The second kappa shape index (κ2) is 4.40. The monoisotopic (exact) mass is 233 g/mol. The number of piperidine rings is 1. The Morgan fingerprint density at radius 2 is 1.94 bits per heavy atom. The first kappa shape index (κ1) is 12.0. The maximum Gasteiger partial charge on any atom is 0.335 e. The van der Waals surface area contributed by atoms with Crippen molar-refractivity contribution in [2.75, 3.05) is 18.0 Å². The van der Waals surface area contributed by atoms with Gasteiger partial charge in [0, 0.05) is 18.8 Å². The summed E-state index contributed by atoms with van der Waals surface area (Å²) in [5.41, 5.74) is 1.83. The van der Waals surface area contributed by atoms with Gasteiger partial charge in [-0.25, -0.2) is 4.79 Å². The lowest BCUT2D eigenvalue weighted by Gasteiger charge is -2.39. The number of anilines is 1. The molecule has 0 unspecified atom stereocenters. The number of carbonyl (C=O) groups is 1. The van der Waals surface area contributed by atoms with E-state index in [0.717, 1.165) is 18.8 Å². The van der Waals surface area contributed by atoms with Gasteiger partial charge in [-0.2, -0.15) is 0 Å². The summed E-state index contributed by atoms with van der Waals surface area (Å²) in [6.07, 6.45) is 2.46. The summed E-state index contributed by atoms with van der Waals surface area (Å²) in [6, 6.07) is 7.17. The van der Waals surface area contributed by atoms with Gasteiger partial charge < -0.3 is 10.0 Å². The SMILES string of the molecule is CC1(C)CCCN(c2ccc(C(=O)O)cc2)C1. The van der Waals surface area contributed by atoms with Gasteiger partial charge in [-0.05, 0) is 42.5 Å². The molecule has 0 saturated carbocycles. The van der Waals surface area contributed by atoms with Gasteiger partial charge in [-0.1, -0.05) is 13.8 Å². The van der Waals surface area contributed by atoms with Crippen molar-refractivity contribution in [2.45, 2.75) is 26.7 Å². The van der Waals surface area contributed by atoms with E-state index in [9.17, 15) is 4.79 Å². The van der Waals surface area contributed by atoms with Crippen LogP contribution in [0.15, 0.2) is 24.3 Å². The van der Waals surface area contributed by atoms with Crippen molar-refractivity contribution in [1.82, 2.24) is 0 Å². The lowest BCUT2D eigenvalue weighted by molar-refractivity contribution is 0.0697. The Morgan fingerprint density at radius 3 is 2.47 bits per heavy atom. The molecule has 1 N–H and O–H groups in total. The minimum Gasteiger partial charge on any atom is -0.478 e. The van der Waals surface area contributed by atoms with E-state index >= 15 is 0 Å². The van der Waals surface area contributed by atoms with E-state index in [1.165, 1.54) is 12.8 Å². The third-order valence-corrected chi connectivity index (χ3v) is 3.38. The van der Waals surface area contributed by atoms with Crippen molar-refractivity contribution >= 4 is 11.7 Å². The number of carboxylic acid groups (broad SMARTS) is 1. The molecule has 0 radical (unpaired) electrons. The Kier molecular flexibility index (Phi) is 3.09. The van der Waals surface area contributed by atoms with E-state index in [1.807, 2.05) is 12.1 Å². The van der Waals surface area contributed by atoms with Gasteiger partial charge >= 0.3 is 5.97 Å². The van der Waals surface area contributed by atoms with Crippen LogP contribution in [0.5, 0.6) is 0 Å². The molecular weight excluding hydrogens is 214 g/mol. The minimum atomic E-state index is -0.865. The van der Waals surface area contributed by atoms with Gasteiger partial charge in [0.1, 0.15) is 0 Å². The number of nitrogens with zero attached hydrogens (tertiary/aromatic N) is 1. The van der Waals surface area contributed by atoms with Crippen LogP contribution in [-0.2, 0) is 0 Å². The molecule has 1 saturated heterocycles. The number of hydrogen-bond donors (Lipinski definition) is 1. The Hall–Kier alpha value is -1.51. The van der Waals surface area contributed by atoms with E-state index < -0.39 is 5.97 Å². The standard InChI is InChI=1S/C14H19NO2/c1-14(2)8-3-9-15(10-14)12-6-4-11(5-7-12)13(16)17/h4-7H,3,8-10H2,1-2H3,(H,16,17). The lowest BCUT2D eigenvalue weighted by atomic mass is 9.84. The van der Waals surface area contributed by atoms with Crippen LogP contribution in [0.1, 0.15) is 37.0 Å². The van der Waals surface area contributed by atoms with Crippen LogP contribution >= 0.6 is 0 Å². The smallest absolute Gasteiger partial charge is 0.335 e. The van der Waals surface area contributed by atoms with E-state index in [2.05, 4.69) is 18.7 Å². The van der Waals surface area contributed by atoms with Crippen molar-refractivity contribution in [3.05, 3.63) is 29.8 Å². The zero-order chi connectivity index (χ0) is 12.5. The molecule has 0 aromatic heterocycles. The molecule has 92 valence electrons. The Morgan fingerprint density at radius 1 is 1.29 bits per heavy atom. The summed E-state index contributed by atoms with van der Waals surface area (Å²) >= 11 is 0. The fourth-order valence-corrected chi connectivity index (χ4v) is 2.46. The van der Waals surface area contributed by atoms with E-state index in [-0.39, 0.29) is 0 Å². The van der Waals surface area contributed by atoms with Crippen LogP contribution in [-0.4, -0.2) is 24.2 Å². The number of aromatic carboxylic acids is 1. The zero-order valence-electron chi connectivity index (χ0n) is 10.4. The highest BCUT2D eigenvalue weighted by atomic mass is 16.4. The van der Waals surface area contributed by atoms with Gasteiger partial charge in [0.15, 0.2) is 0 Å². The van der Waals surface area contributed by atoms with E-state index in [0.29, 0.717) is 11.0 Å². The van der Waals surface area contributed by atoms with Crippen molar-refractivity contribution in [1.29, 1.82) is 0 Å². The Balaban J connectivity index is 2.14. The maximum absolute atomic E-state index is 10.8. The molecule has 3 heteroatoms. The van der Waals surface area contributed by atoms with Gasteiger partial charge in [0.2, 0.25) is 0 Å². The van der Waals surface area contributed by atoms with Crippen LogP contribution in [0.3, 0.4) is 0 Å². The first-order chi connectivity index (χ1) is 7.98. The first-order valence-electron chi connectivity index (χ1n) is 6.06. The highest BCUT2D eigenvalue weighted by Gasteiger charge is 2.26. The summed E-state index contributed by atoms with van der Waals surface area (Å²) in [5, 5.41) is 8.86. The number of rotatable bonds is 2. The second-order valence-electron chi connectivity index (χ2n) is 5.54. The fourth-order valence-electron chi connectivity index (χ4n) is 2.46. The normalized spacial score (nSPS) is 19.1. The molecule has 0 bridgehead atoms. The minimum absolute atomic E-state index is 0.351. The van der Waals surface area contributed by atoms with Gasteiger partial charge in [-0.3, -0.25) is 0 Å². The van der Waals surface area contributed by atoms with Crippen LogP contribution in [0.25, 0.3) is 0 Å². The van der Waals surface area contributed by atoms with Crippen molar-refractivity contribution in [3.63, 3.8) is 0 Å². The highest BCUT2D eigenvalue weighted by Crippen LogP contribution is 2.31. The van der Waals surface area contributed by atoms with Crippen LogP contribution in [0, 0.1) is 5.41 Å². The average molecular weight is 233 g/mol. The van der Waals surface area contributed by atoms with Crippen molar-refractivity contribution < 1.29 is 9.90 Å². The van der Waals surface area contributed by atoms with E-state index in [4.69, 9.17) is 5.11 Å². The molecule has 0 atom stereocenters. The molecule has 1 aromatic carbocycles. The third-order valence-electron chi connectivity index (χ3n) is 3.38. The van der Waals surface area contributed by atoms with Gasteiger partial charge in [-0.15, -0.1) is 0 Å². The summed E-state index contributed by atoms with van der Waals surface area (Å²) < 4.78 is 0. The van der Waals surface area contributed by atoms with Crippen molar-refractivity contribution in [2.24, 2.45) is 5.41 Å². The number of benzene rings is 1. The van der Waals surface area contributed by atoms with Gasteiger partial charge in [0.05, 0.1) is 5.56 Å². The Labute approximate surface area is 102 Å². The lowest BCUT2D eigenvalue weighted by Crippen LogP contribution is -2.40. The molecule has 1 fully saturated rings. The molecule has 0 spiro atoms. The summed E-state index contributed by atoms with van der Waals surface area (Å²) in [7, 11) is 0. The molecule has 1 heterocycles. The molecule has 0 amide bonds. The molecule has 2 rings (SSSR count). The van der Waals surface area contributed by atoms with Crippen LogP contribution < -0.4 is 4.90 Å². The van der Waals surface area contributed by atoms with E-state index in [1.54, 1.807) is 12.1 Å². The zero-order valence-corrected chi connectivity index (χ0v) is 10.4. The van der Waals surface area contributed by atoms with Gasteiger partial charge in [0.25, 0.3) is 0 Å². The predicted molar refractivity (Wildman–Crippen MR) is 68.6 cm³/mol.